The minimum Gasteiger partial charge on any atom is -0.257 e. The molecule has 128 valence electrons. The lowest BCUT2D eigenvalue weighted by Gasteiger charge is -2.24. The molecule has 1 aliphatic heterocycles. The fourth-order valence-corrected chi connectivity index (χ4v) is 3.18. The highest BCUT2D eigenvalue weighted by Crippen LogP contribution is 2.35. The van der Waals surface area contributed by atoms with Crippen LogP contribution >= 0.6 is 0 Å². The molecule has 26 heavy (non-hydrogen) atoms. The van der Waals surface area contributed by atoms with Gasteiger partial charge < -0.3 is 0 Å². The molecule has 0 fully saturated rings. The van der Waals surface area contributed by atoms with Crippen LogP contribution in [-0.4, -0.2) is 5.71 Å². The van der Waals surface area contributed by atoms with Crippen LogP contribution in [0.5, 0.6) is 0 Å². The van der Waals surface area contributed by atoms with Crippen LogP contribution in [0.4, 0.5) is 10.1 Å². The fourth-order valence-electron chi connectivity index (χ4n) is 3.18. The summed E-state index contributed by atoms with van der Waals surface area (Å²) >= 11 is 0. The first kappa shape index (κ1) is 16.3. The molecule has 0 amide bonds. The number of halogens is 1. The van der Waals surface area contributed by atoms with Gasteiger partial charge in [0.15, 0.2) is 0 Å². The van der Waals surface area contributed by atoms with Crippen LogP contribution in [-0.2, 0) is 0 Å². The second kappa shape index (κ2) is 7.36. The molecule has 0 radical (unpaired) electrons. The van der Waals surface area contributed by atoms with E-state index in [1.54, 1.807) is 6.07 Å². The van der Waals surface area contributed by atoms with Crippen molar-refractivity contribution < 1.29 is 4.39 Å². The van der Waals surface area contributed by atoms with Crippen molar-refractivity contribution in [2.75, 3.05) is 5.01 Å². The molecule has 4 rings (SSSR count). The predicted molar refractivity (Wildman–Crippen MR) is 106 cm³/mol. The molecule has 3 aromatic rings. The van der Waals surface area contributed by atoms with Gasteiger partial charge in [0.1, 0.15) is 5.82 Å². The molecule has 0 spiro atoms. The summed E-state index contributed by atoms with van der Waals surface area (Å²) in [5.41, 5.74) is 4.05. The first-order valence-corrected chi connectivity index (χ1v) is 8.70. The Morgan fingerprint density at radius 3 is 2.31 bits per heavy atom. The summed E-state index contributed by atoms with van der Waals surface area (Å²) in [5.74, 6) is -0.252. The average Bonchev–Trinajstić information content (AvgIpc) is 3.12. The highest BCUT2D eigenvalue weighted by atomic mass is 19.1. The van der Waals surface area contributed by atoms with E-state index in [2.05, 4.69) is 30.3 Å². The van der Waals surface area contributed by atoms with Crippen molar-refractivity contribution in [3.05, 3.63) is 108 Å². The van der Waals surface area contributed by atoms with E-state index in [-0.39, 0.29) is 11.9 Å². The number of anilines is 1. The van der Waals surface area contributed by atoms with Gasteiger partial charge in [0, 0.05) is 6.42 Å². The maximum atomic E-state index is 13.7. The van der Waals surface area contributed by atoms with Crippen molar-refractivity contribution in [3.8, 4) is 0 Å². The van der Waals surface area contributed by atoms with Gasteiger partial charge in [-0.15, -0.1) is 0 Å². The molecular formula is C23H19FN2. The Hall–Kier alpha value is -3.20. The molecule has 0 aromatic heterocycles. The highest BCUT2D eigenvalue weighted by Gasteiger charge is 2.28. The maximum absolute atomic E-state index is 13.7. The van der Waals surface area contributed by atoms with E-state index in [0.717, 1.165) is 23.4 Å². The summed E-state index contributed by atoms with van der Waals surface area (Å²) in [4.78, 5) is 0. The lowest BCUT2D eigenvalue weighted by atomic mass is 10.0. The van der Waals surface area contributed by atoms with E-state index >= 15 is 0 Å². The third-order valence-electron chi connectivity index (χ3n) is 4.46. The van der Waals surface area contributed by atoms with Gasteiger partial charge in [0.05, 0.1) is 17.4 Å². The quantitative estimate of drug-likeness (QED) is 0.581. The van der Waals surface area contributed by atoms with Crippen LogP contribution in [0.25, 0.3) is 6.08 Å². The number of benzene rings is 3. The van der Waals surface area contributed by atoms with Gasteiger partial charge in [-0.05, 0) is 35.4 Å². The zero-order chi connectivity index (χ0) is 17.8. The Labute approximate surface area is 152 Å². The average molecular weight is 342 g/mol. The van der Waals surface area contributed by atoms with Crippen molar-refractivity contribution >= 4 is 17.5 Å². The van der Waals surface area contributed by atoms with E-state index < -0.39 is 0 Å². The smallest absolute Gasteiger partial charge is 0.125 e. The van der Waals surface area contributed by atoms with Gasteiger partial charge in [-0.2, -0.15) is 5.10 Å². The number of hydrogen-bond donors (Lipinski definition) is 0. The van der Waals surface area contributed by atoms with Crippen LogP contribution < -0.4 is 5.01 Å². The second-order valence-electron chi connectivity index (χ2n) is 6.29. The monoisotopic (exact) mass is 342 g/mol. The van der Waals surface area contributed by atoms with Crippen molar-refractivity contribution in [1.29, 1.82) is 0 Å². The van der Waals surface area contributed by atoms with E-state index in [9.17, 15) is 4.39 Å². The van der Waals surface area contributed by atoms with Gasteiger partial charge in [0.2, 0.25) is 0 Å². The maximum Gasteiger partial charge on any atom is 0.125 e. The van der Waals surface area contributed by atoms with Gasteiger partial charge in [-0.1, -0.05) is 72.8 Å². The lowest BCUT2D eigenvalue weighted by molar-refractivity contribution is 0.624. The molecule has 1 atom stereocenters. The number of nitrogens with zero attached hydrogens (tertiary/aromatic N) is 2. The van der Waals surface area contributed by atoms with Gasteiger partial charge in [0.25, 0.3) is 0 Å². The molecule has 0 saturated carbocycles. The number of allylic oxidation sites excluding steroid dienone is 1. The van der Waals surface area contributed by atoms with Crippen molar-refractivity contribution in [2.45, 2.75) is 12.5 Å². The predicted octanol–water partition coefficient (Wildman–Crippen LogP) is 5.85. The molecule has 0 aliphatic carbocycles. The first-order valence-electron chi connectivity index (χ1n) is 8.70. The molecule has 1 heterocycles. The van der Waals surface area contributed by atoms with Crippen LogP contribution in [0, 0.1) is 5.82 Å². The second-order valence-corrected chi connectivity index (χ2v) is 6.29. The topological polar surface area (TPSA) is 15.6 Å². The molecule has 3 heteroatoms. The van der Waals surface area contributed by atoms with E-state index in [0.29, 0.717) is 0 Å². The van der Waals surface area contributed by atoms with Crippen molar-refractivity contribution in [3.63, 3.8) is 0 Å². The molecule has 3 aromatic carbocycles. The Morgan fingerprint density at radius 1 is 0.846 bits per heavy atom. The molecule has 0 unspecified atom stereocenters. The van der Waals surface area contributed by atoms with Gasteiger partial charge in [-0.25, -0.2) is 4.39 Å². The molecule has 0 bridgehead atoms. The minimum absolute atomic E-state index is 0.0634. The normalized spacial score (nSPS) is 16.9. The SMILES string of the molecule is Fc1cccc(N2N=C(/C=C\c3ccccc3)C[C@@H]2c2ccccc2)c1. The summed E-state index contributed by atoms with van der Waals surface area (Å²) in [6.45, 7) is 0. The van der Waals surface area contributed by atoms with Crippen LogP contribution in [0.1, 0.15) is 23.6 Å². The summed E-state index contributed by atoms with van der Waals surface area (Å²) in [7, 11) is 0. The number of rotatable bonds is 4. The Balaban J connectivity index is 1.66. The van der Waals surface area contributed by atoms with E-state index in [1.807, 2.05) is 53.5 Å². The zero-order valence-corrected chi connectivity index (χ0v) is 14.3. The lowest BCUT2D eigenvalue weighted by Crippen LogP contribution is -2.18. The Bertz CT molecular complexity index is 933. The summed E-state index contributed by atoms with van der Waals surface area (Å²) in [6, 6.07) is 27.1. The molecule has 2 nitrogen and oxygen atoms in total. The molecular weight excluding hydrogens is 323 g/mol. The Kier molecular flexibility index (Phi) is 4.61. The summed E-state index contributed by atoms with van der Waals surface area (Å²) in [6.07, 6.45) is 4.89. The van der Waals surface area contributed by atoms with E-state index in [4.69, 9.17) is 5.10 Å². The van der Waals surface area contributed by atoms with Gasteiger partial charge in [-0.3, -0.25) is 5.01 Å². The fraction of sp³-hybridized carbons (Fsp3) is 0.0870. The third kappa shape index (κ3) is 3.57. The van der Waals surface area contributed by atoms with Crippen molar-refractivity contribution in [2.24, 2.45) is 5.10 Å². The number of hydrogen-bond acceptors (Lipinski definition) is 2. The van der Waals surface area contributed by atoms with Crippen LogP contribution in [0.2, 0.25) is 0 Å². The molecule has 0 N–H and O–H groups in total. The Morgan fingerprint density at radius 2 is 1.58 bits per heavy atom. The standard InChI is InChI=1S/C23H19FN2/c24-20-12-7-13-22(16-20)26-23(19-10-5-2-6-11-19)17-21(25-26)15-14-18-8-3-1-4-9-18/h1-16,23H,17H2/b15-14-/t23-/m1/s1. The van der Waals surface area contributed by atoms with Crippen molar-refractivity contribution in [1.82, 2.24) is 0 Å². The van der Waals surface area contributed by atoms with Crippen LogP contribution in [0.3, 0.4) is 0 Å². The largest absolute Gasteiger partial charge is 0.257 e. The minimum atomic E-state index is -0.252. The van der Waals surface area contributed by atoms with E-state index in [1.165, 1.54) is 17.7 Å². The number of hydrazone groups is 1. The highest BCUT2D eigenvalue weighted by molar-refractivity contribution is 6.01. The first-order chi connectivity index (χ1) is 12.8. The van der Waals surface area contributed by atoms with Gasteiger partial charge >= 0.3 is 0 Å². The summed E-state index contributed by atoms with van der Waals surface area (Å²) < 4.78 is 13.7. The zero-order valence-electron chi connectivity index (χ0n) is 14.3. The molecule has 1 aliphatic rings. The molecule has 0 saturated heterocycles. The van der Waals surface area contributed by atoms with Crippen LogP contribution in [0.15, 0.2) is 96.1 Å². The summed E-state index contributed by atoms with van der Waals surface area (Å²) in [5, 5.41) is 6.69. The third-order valence-corrected chi connectivity index (χ3v) is 4.46.